The van der Waals surface area contributed by atoms with Crippen LogP contribution in [0.5, 0.6) is 0 Å². The molecular formula is C14H18Cl3N. The van der Waals surface area contributed by atoms with Gasteiger partial charge in [0.05, 0.1) is 0 Å². The van der Waals surface area contributed by atoms with Gasteiger partial charge in [0.15, 0.2) is 0 Å². The van der Waals surface area contributed by atoms with Gasteiger partial charge in [-0.15, -0.1) is 11.6 Å². The Morgan fingerprint density at radius 3 is 2.67 bits per heavy atom. The minimum absolute atomic E-state index is 0.252. The molecule has 0 amide bonds. The van der Waals surface area contributed by atoms with E-state index in [1.807, 2.05) is 18.2 Å². The first-order chi connectivity index (χ1) is 8.58. The summed E-state index contributed by atoms with van der Waals surface area (Å²) in [5, 5.41) is 1.75. The van der Waals surface area contributed by atoms with Crippen molar-refractivity contribution in [3.63, 3.8) is 0 Å². The fourth-order valence-electron chi connectivity index (χ4n) is 2.61. The van der Waals surface area contributed by atoms with Crippen molar-refractivity contribution < 1.29 is 0 Å². The first-order valence-electron chi connectivity index (χ1n) is 6.36. The minimum atomic E-state index is 0.252. The summed E-state index contributed by atoms with van der Waals surface area (Å²) in [5.74, 6) is 0. The predicted molar refractivity (Wildman–Crippen MR) is 79.8 cm³/mol. The Hall–Kier alpha value is 0.0500. The van der Waals surface area contributed by atoms with Gasteiger partial charge in [-0.2, -0.15) is 0 Å². The second-order valence-corrected chi connectivity index (χ2v) is 6.42. The molecule has 1 nitrogen and oxygen atoms in total. The Kier molecular flexibility index (Phi) is 5.20. The molecule has 1 fully saturated rings. The van der Waals surface area contributed by atoms with E-state index in [9.17, 15) is 0 Å². The van der Waals surface area contributed by atoms with Crippen LogP contribution >= 0.6 is 34.8 Å². The van der Waals surface area contributed by atoms with Crippen LogP contribution in [0.4, 0.5) is 0 Å². The van der Waals surface area contributed by atoms with Crippen LogP contribution in [0, 0.1) is 0 Å². The molecule has 0 heterocycles. The van der Waals surface area contributed by atoms with E-state index in [0.717, 1.165) is 28.6 Å². The van der Waals surface area contributed by atoms with Crippen LogP contribution in [-0.4, -0.2) is 23.4 Å². The molecule has 0 aromatic heterocycles. The Labute approximate surface area is 124 Å². The zero-order valence-electron chi connectivity index (χ0n) is 10.5. The molecule has 1 aliphatic carbocycles. The van der Waals surface area contributed by atoms with Gasteiger partial charge < -0.3 is 0 Å². The van der Waals surface area contributed by atoms with Crippen molar-refractivity contribution in [1.29, 1.82) is 0 Å². The number of hydrogen-bond acceptors (Lipinski definition) is 1. The highest BCUT2D eigenvalue weighted by atomic mass is 35.5. The van der Waals surface area contributed by atoms with Gasteiger partial charge in [-0.3, -0.25) is 4.90 Å². The predicted octanol–water partition coefficient (Wildman–Crippen LogP) is 4.98. The molecule has 0 spiro atoms. The first-order valence-corrected chi connectivity index (χ1v) is 7.55. The summed E-state index contributed by atoms with van der Waals surface area (Å²) >= 11 is 18.6. The highest BCUT2D eigenvalue weighted by Crippen LogP contribution is 2.29. The molecular weight excluding hydrogens is 289 g/mol. The van der Waals surface area contributed by atoms with E-state index in [4.69, 9.17) is 34.8 Å². The smallest absolute Gasteiger partial charge is 0.0491 e. The SMILES string of the molecule is CN(Cc1cc(Cl)ccc1Cl)C1CCCCC1Cl. The van der Waals surface area contributed by atoms with Crippen molar-refractivity contribution in [1.82, 2.24) is 4.90 Å². The number of alkyl halides is 1. The molecule has 0 bridgehead atoms. The standard InChI is InChI=1S/C14H18Cl3N/c1-18(14-5-3-2-4-13(14)17)9-10-8-11(15)6-7-12(10)16/h6-8,13-14H,2-5,9H2,1H3. The lowest BCUT2D eigenvalue weighted by Crippen LogP contribution is -2.40. The second-order valence-electron chi connectivity index (χ2n) is 5.02. The molecule has 18 heavy (non-hydrogen) atoms. The zero-order valence-corrected chi connectivity index (χ0v) is 12.8. The van der Waals surface area contributed by atoms with Gasteiger partial charge in [0.25, 0.3) is 0 Å². The van der Waals surface area contributed by atoms with E-state index >= 15 is 0 Å². The van der Waals surface area contributed by atoms with E-state index in [2.05, 4.69) is 11.9 Å². The van der Waals surface area contributed by atoms with Crippen LogP contribution in [0.2, 0.25) is 10.0 Å². The maximum Gasteiger partial charge on any atom is 0.0491 e. The van der Waals surface area contributed by atoms with Gasteiger partial charge in [-0.1, -0.05) is 36.0 Å². The van der Waals surface area contributed by atoms with Crippen molar-refractivity contribution in [3.05, 3.63) is 33.8 Å². The lowest BCUT2D eigenvalue weighted by Gasteiger charge is -2.35. The van der Waals surface area contributed by atoms with Crippen molar-refractivity contribution in [2.24, 2.45) is 0 Å². The monoisotopic (exact) mass is 305 g/mol. The maximum atomic E-state index is 6.41. The number of nitrogens with zero attached hydrogens (tertiary/aromatic N) is 1. The van der Waals surface area contributed by atoms with Gasteiger partial charge in [0.1, 0.15) is 0 Å². The largest absolute Gasteiger partial charge is 0.298 e. The Bertz CT molecular complexity index is 408. The Morgan fingerprint density at radius 2 is 1.94 bits per heavy atom. The third-order valence-corrected chi connectivity index (χ3v) is 4.75. The highest BCUT2D eigenvalue weighted by Gasteiger charge is 2.26. The number of halogens is 3. The van der Waals surface area contributed by atoms with Crippen molar-refractivity contribution in [2.45, 2.75) is 43.6 Å². The number of hydrogen-bond donors (Lipinski definition) is 0. The molecule has 1 aromatic rings. The topological polar surface area (TPSA) is 3.24 Å². The molecule has 0 radical (unpaired) electrons. The molecule has 0 aliphatic heterocycles. The average Bonchev–Trinajstić information content (AvgIpc) is 2.34. The van der Waals surface area contributed by atoms with Crippen molar-refractivity contribution in [3.8, 4) is 0 Å². The molecule has 0 saturated heterocycles. The molecule has 0 N–H and O–H groups in total. The van der Waals surface area contributed by atoms with Crippen molar-refractivity contribution in [2.75, 3.05) is 7.05 Å². The van der Waals surface area contributed by atoms with Gasteiger partial charge in [0, 0.05) is 28.0 Å². The summed E-state index contributed by atoms with van der Waals surface area (Å²) in [4.78, 5) is 2.30. The maximum absolute atomic E-state index is 6.41. The van der Waals surface area contributed by atoms with Crippen LogP contribution in [0.3, 0.4) is 0 Å². The lowest BCUT2D eigenvalue weighted by atomic mass is 9.93. The third kappa shape index (κ3) is 3.54. The molecule has 2 unspecified atom stereocenters. The van der Waals surface area contributed by atoms with Crippen LogP contribution in [0.15, 0.2) is 18.2 Å². The van der Waals surface area contributed by atoms with E-state index in [-0.39, 0.29) is 5.38 Å². The molecule has 4 heteroatoms. The number of benzene rings is 1. The van der Waals surface area contributed by atoms with E-state index < -0.39 is 0 Å². The lowest BCUT2D eigenvalue weighted by molar-refractivity contribution is 0.188. The van der Waals surface area contributed by atoms with Gasteiger partial charge in [0.2, 0.25) is 0 Å². The van der Waals surface area contributed by atoms with Crippen LogP contribution in [0.1, 0.15) is 31.2 Å². The summed E-state index contributed by atoms with van der Waals surface area (Å²) in [7, 11) is 2.11. The van der Waals surface area contributed by atoms with E-state index in [0.29, 0.717) is 6.04 Å². The molecule has 100 valence electrons. The van der Waals surface area contributed by atoms with Crippen molar-refractivity contribution >= 4 is 34.8 Å². The van der Waals surface area contributed by atoms with Gasteiger partial charge >= 0.3 is 0 Å². The molecule has 1 aromatic carbocycles. The van der Waals surface area contributed by atoms with Gasteiger partial charge in [-0.25, -0.2) is 0 Å². The van der Waals surface area contributed by atoms with Crippen LogP contribution < -0.4 is 0 Å². The average molecular weight is 307 g/mol. The zero-order chi connectivity index (χ0) is 13.1. The minimum Gasteiger partial charge on any atom is -0.298 e. The summed E-state index contributed by atoms with van der Waals surface area (Å²) in [6, 6.07) is 6.05. The quantitative estimate of drug-likeness (QED) is 0.712. The fraction of sp³-hybridized carbons (Fsp3) is 0.571. The van der Waals surface area contributed by atoms with E-state index in [1.165, 1.54) is 19.3 Å². The molecule has 2 rings (SSSR count). The molecule has 1 saturated carbocycles. The van der Waals surface area contributed by atoms with Crippen LogP contribution in [0.25, 0.3) is 0 Å². The summed E-state index contributed by atoms with van der Waals surface area (Å²) in [6.07, 6.45) is 4.79. The van der Waals surface area contributed by atoms with Crippen LogP contribution in [-0.2, 0) is 6.54 Å². The molecule has 1 aliphatic rings. The second kappa shape index (κ2) is 6.47. The fourth-order valence-corrected chi connectivity index (χ4v) is 3.46. The number of rotatable bonds is 3. The first kappa shape index (κ1) is 14.5. The normalized spacial score (nSPS) is 24.5. The van der Waals surface area contributed by atoms with Gasteiger partial charge in [-0.05, 0) is 43.7 Å². The van der Waals surface area contributed by atoms with E-state index in [1.54, 1.807) is 0 Å². The summed E-state index contributed by atoms with van der Waals surface area (Å²) in [5.41, 5.74) is 1.07. The Morgan fingerprint density at radius 1 is 1.22 bits per heavy atom. The molecule has 2 atom stereocenters. The summed E-state index contributed by atoms with van der Waals surface area (Å²) < 4.78 is 0. The Balaban J connectivity index is 2.05. The summed E-state index contributed by atoms with van der Waals surface area (Å²) in [6.45, 7) is 0.799. The highest BCUT2D eigenvalue weighted by molar-refractivity contribution is 6.33. The third-order valence-electron chi connectivity index (χ3n) is 3.64.